The number of carbonyl (C=O) groups is 2. The molecule has 0 saturated heterocycles. The molecule has 2 aromatic carbocycles. The summed E-state index contributed by atoms with van der Waals surface area (Å²) in [5, 5.41) is 10.7. The number of methoxy groups -OCH3 is 2. The van der Waals surface area contributed by atoms with E-state index in [0.29, 0.717) is 28.2 Å². The van der Waals surface area contributed by atoms with E-state index in [1.807, 2.05) is 0 Å². The van der Waals surface area contributed by atoms with Gasteiger partial charge < -0.3 is 19.5 Å². The van der Waals surface area contributed by atoms with Gasteiger partial charge in [-0.25, -0.2) is 18.4 Å². The molecule has 3 aromatic rings. The maximum Gasteiger partial charge on any atom is 0.337 e. The fraction of sp³-hybridized carbons (Fsp3) is 0.0870. The summed E-state index contributed by atoms with van der Waals surface area (Å²) in [5.74, 6) is 2.79. The zero-order chi connectivity index (χ0) is 24.9. The van der Waals surface area contributed by atoms with E-state index < -0.39 is 21.6 Å². The van der Waals surface area contributed by atoms with E-state index >= 15 is 0 Å². The van der Waals surface area contributed by atoms with Crippen LogP contribution in [0, 0.1) is 0 Å². The Hall–Kier alpha value is -4.38. The lowest BCUT2D eigenvalue weighted by molar-refractivity contribution is 0.0592. The summed E-state index contributed by atoms with van der Waals surface area (Å²) in [5.41, 5.74) is 2.35. The molecule has 0 amide bonds. The van der Waals surface area contributed by atoms with E-state index in [2.05, 4.69) is 48.9 Å². The molecule has 0 saturated carbocycles. The minimum absolute atomic E-state index is 0.0322. The first kappa shape index (κ1) is 24.3. The largest absolute Gasteiger partial charge is 0.465 e. The van der Waals surface area contributed by atoms with Crippen molar-refractivity contribution in [3.8, 4) is 0 Å². The van der Waals surface area contributed by atoms with Gasteiger partial charge >= 0.3 is 11.9 Å². The van der Waals surface area contributed by atoms with Gasteiger partial charge in [0.1, 0.15) is 0 Å². The molecule has 0 fully saturated rings. The predicted molar refractivity (Wildman–Crippen MR) is 130 cm³/mol. The maximum absolute atomic E-state index is 13.3. The molecule has 0 aliphatic carbocycles. The number of esters is 2. The van der Waals surface area contributed by atoms with E-state index in [-0.39, 0.29) is 16.3 Å². The Balaban J connectivity index is 1.75. The molecular formula is C23H22N4O6S. The lowest BCUT2D eigenvalue weighted by atomic mass is 10.2. The smallest absolute Gasteiger partial charge is 0.337 e. The Morgan fingerprint density at radius 2 is 1.32 bits per heavy atom. The molecule has 34 heavy (non-hydrogen) atoms. The number of hydrogen-bond acceptors (Lipinski definition) is 9. The van der Waals surface area contributed by atoms with Gasteiger partial charge in [-0.15, -0.1) is 0 Å². The van der Waals surface area contributed by atoms with Gasteiger partial charge in [-0.3, -0.25) is 0 Å². The number of rotatable bonds is 9. The Labute approximate surface area is 196 Å². The van der Waals surface area contributed by atoms with Crippen molar-refractivity contribution in [3.63, 3.8) is 0 Å². The van der Waals surface area contributed by atoms with Crippen LogP contribution in [0.2, 0.25) is 0 Å². The predicted octanol–water partition coefficient (Wildman–Crippen LogP) is 3.44. The Bertz CT molecular complexity index is 1340. The summed E-state index contributed by atoms with van der Waals surface area (Å²) in [6.07, 6.45) is 0. The molecule has 2 N–H and O–H groups in total. The first-order chi connectivity index (χ1) is 16.2. The van der Waals surface area contributed by atoms with Crippen LogP contribution in [0.25, 0.3) is 10.6 Å². The van der Waals surface area contributed by atoms with Crippen molar-refractivity contribution in [1.29, 1.82) is 0 Å². The van der Waals surface area contributed by atoms with Crippen molar-refractivity contribution >= 4 is 49.5 Å². The van der Waals surface area contributed by atoms with Crippen molar-refractivity contribution in [2.45, 2.75) is 0 Å². The third-order valence-corrected chi connectivity index (χ3v) is 6.18. The fourth-order valence-corrected chi connectivity index (χ4v) is 3.90. The minimum atomic E-state index is -3.17. The molecular weight excluding hydrogens is 460 g/mol. The number of carbonyl (C=O) groups excluding carboxylic acids is 2. The topological polar surface area (TPSA) is 133 Å². The standard InChI is InChI=1S/C23H22N4O6S/c1-14(24-18-10-6-16(7-11-18)22(28)31-3)20-21(26-33-25-20)15(2)34(5,30)27-19-12-8-17(9-13-19)23(29)32-4/h6-13,24H,1-2,5H2,3-4H3,(H,27,30). The molecule has 10 nitrogen and oxygen atoms in total. The Morgan fingerprint density at radius 3 is 1.82 bits per heavy atom. The summed E-state index contributed by atoms with van der Waals surface area (Å²) < 4.78 is 30.2. The molecule has 0 bridgehead atoms. The van der Waals surface area contributed by atoms with Gasteiger partial charge in [0, 0.05) is 11.4 Å². The number of aromatic nitrogens is 2. The molecule has 1 atom stereocenters. The first-order valence-corrected chi connectivity index (χ1v) is 11.4. The zero-order valence-corrected chi connectivity index (χ0v) is 19.3. The second kappa shape index (κ2) is 10.0. The number of anilines is 2. The average Bonchev–Trinajstić information content (AvgIpc) is 3.33. The van der Waals surface area contributed by atoms with Gasteiger partial charge in [-0.2, -0.15) is 0 Å². The Kier molecular flexibility index (Phi) is 7.17. The SMILES string of the molecule is C=C(Nc1ccc(C(=O)OC)cc1)c1nonc1C(=C)S(=C)(=O)Nc1ccc(C(=O)OC)cc1. The van der Waals surface area contributed by atoms with E-state index in [1.165, 1.54) is 26.4 Å². The van der Waals surface area contributed by atoms with Crippen molar-refractivity contribution in [2.75, 3.05) is 24.3 Å². The third-order valence-electron chi connectivity index (χ3n) is 4.63. The van der Waals surface area contributed by atoms with Crippen LogP contribution in [0.4, 0.5) is 11.4 Å². The molecule has 1 heterocycles. The van der Waals surface area contributed by atoms with Gasteiger partial charge in [0.2, 0.25) is 0 Å². The van der Waals surface area contributed by atoms with E-state index in [1.54, 1.807) is 36.4 Å². The van der Waals surface area contributed by atoms with Gasteiger partial charge in [0.15, 0.2) is 11.4 Å². The number of hydrogen-bond donors (Lipinski definition) is 2. The molecule has 0 radical (unpaired) electrons. The highest BCUT2D eigenvalue weighted by Crippen LogP contribution is 2.27. The monoisotopic (exact) mass is 482 g/mol. The van der Waals surface area contributed by atoms with Crippen molar-refractivity contribution in [2.24, 2.45) is 0 Å². The zero-order valence-electron chi connectivity index (χ0n) is 18.5. The molecule has 176 valence electrons. The summed E-state index contributed by atoms with van der Waals surface area (Å²) in [7, 11) is -0.582. The molecule has 3 rings (SSSR count). The van der Waals surface area contributed by atoms with Crippen LogP contribution in [-0.2, 0) is 19.2 Å². The minimum Gasteiger partial charge on any atom is -0.465 e. The van der Waals surface area contributed by atoms with Crippen LogP contribution in [-0.4, -0.2) is 46.6 Å². The van der Waals surface area contributed by atoms with Gasteiger partial charge in [0.05, 0.1) is 45.7 Å². The highest BCUT2D eigenvalue weighted by atomic mass is 32.2. The third kappa shape index (κ3) is 5.33. The van der Waals surface area contributed by atoms with Gasteiger partial charge in [0.25, 0.3) is 0 Å². The van der Waals surface area contributed by atoms with Crippen LogP contribution < -0.4 is 10.0 Å². The number of nitrogens with zero attached hydrogens (tertiary/aromatic N) is 2. The van der Waals surface area contributed by atoms with Crippen LogP contribution in [0.3, 0.4) is 0 Å². The summed E-state index contributed by atoms with van der Waals surface area (Å²) in [4.78, 5) is 23.2. The molecule has 0 aliphatic heterocycles. The van der Waals surface area contributed by atoms with E-state index in [0.717, 1.165) is 0 Å². The second-order valence-corrected chi connectivity index (χ2v) is 8.95. The van der Waals surface area contributed by atoms with Crippen LogP contribution in [0.15, 0.2) is 66.3 Å². The van der Waals surface area contributed by atoms with Gasteiger partial charge in [-0.05, 0) is 64.7 Å². The maximum atomic E-state index is 13.3. The average molecular weight is 483 g/mol. The van der Waals surface area contributed by atoms with Crippen molar-refractivity contribution < 1.29 is 27.9 Å². The van der Waals surface area contributed by atoms with Crippen LogP contribution in [0.5, 0.6) is 0 Å². The van der Waals surface area contributed by atoms with Crippen LogP contribution >= 0.6 is 0 Å². The van der Waals surface area contributed by atoms with Gasteiger partial charge in [-0.1, -0.05) is 13.2 Å². The van der Waals surface area contributed by atoms with E-state index in [9.17, 15) is 13.8 Å². The second-order valence-electron chi connectivity index (χ2n) is 6.90. The summed E-state index contributed by atoms with van der Waals surface area (Å²) in [6.45, 7) is 7.78. The molecule has 0 spiro atoms. The molecule has 1 unspecified atom stereocenters. The van der Waals surface area contributed by atoms with Crippen molar-refractivity contribution in [3.05, 3.63) is 84.2 Å². The lowest BCUT2D eigenvalue weighted by Crippen LogP contribution is -2.15. The molecule has 1 aromatic heterocycles. The molecule has 11 heteroatoms. The van der Waals surface area contributed by atoms with Crippen molar-refractivity contribution in [1.82, 2.24) is 10.3 Å². The molecule has 0 aliphatic rings. The number of benzene rings is 2. The number of nitrogens with one attached hydrogen (secondary N) is 2. The quantitative estimate of drug-likeness (QED) is 0.347. The van der Waals surface area contributed by atoms with Crippen LogP contribution in [0.1, 0.15) is 32.1 Å². The number of ether oxygens (including phenoxy) is 2. The highest BCUT2D eigenvalue weighted by Gasteiger charge is 2.22. The first-order valence-electron chi connectivity index (χ1n) is 9.66. The Morgan fingerprint density at radius 1 is 0.853 bits per heavy atom. The van der Waals surface area contributed by atoms with E-state index in [4.69, 9.17) is 4.63 Å². The summed E-state index contributed by atoms with van der Waals surface area (Å²) in [6, 6.07) is 12.6. The fourth-order valence-electron chi connectivity index (χ4n) is 2.81. The lowest BCUT2D eigenvalue weighted by Gasteiger charge is -2.15. The highest BCUT2D eigenvalue weighted by molar-refractivity contribution is 8.09. The normalized spacial score (nSPS) is 12.2. The summed E-state index contributed by atoms with van der Waals surface area (Å²) >= 11 is 0.